The summed E-state index contributed by atoms with van der Waals surface area (Å²) >= 11 is 0. The molecule has 26 heavy (non-hydrogen) atoms. The number of anilines is 1. The molecule has 2 heterocycles. The van der Waals surface area contributed by atoms with Gasteiger partial charge in [0.05, 0.1) is 29.4 Å². The van der Waals surface area contributed by atoms with Crippen molar-refractivity contribution in [1.82, 2.24) is 0 Å². The predicted molar refractivity (Wildman–Crippen MR) is 97.8 cm³/mol. The summed E-state index contributed by atoms with van der Waals surface area (Å²) in [4.78, 5) is 28.9. The Hall–Kier alpha value is -2.65. The van der Waals surface area contributed by atoms with Crippen molar-refractivity contribution < 1.29 is 19.9 Å². The molecule has 0 aromatic heterocycles. The molecule has 0 aliphatic carbocycles. The Morgan fingerprint density at radius 3 is 2.73 bits per heavy atom. The summed E-state index contributed by atoms with van der Waals surface area (Å²) in [6.07, 6.45) is 1.68. The number of rotatable bonds is 6. The summed E-state index contributed by atoms with van der Waals surface area (Å²) in [6.45, 7) is 8.12. The van der Waals surface area contributed by atoms with Crippen LogP contribution in [0.5, 0.6) is 0 Å². The molecule has 9 nitrogen and oxygen atoms in total. The van der Waals surface area contributed by atoms with Crippen LogP contribution >= 0.6 is 0 Å². The minimum Gasteiger partial charge on any atom is -0.337 e. The van der Waals surface area contributed by atoms with Crippen LogP contribution in [0, 0.1) is 16.0 Å². The third kappa shape index (κ3) is 4.12. The zero-order chi connectivity index (χ0) is 18.5. The Kier molecular flexibility index (Phi) is 5.69. The van der Waals surface area contributed by atoms with Gasteiger partial charge in [-0.1, -0.05) is 0 Å². The maximum atomic E-state index is 12.6. The Morgan fingerprint density at radius 2 is 2.08 bits per heavy atom. The normalized spacial score (nSPS) is 21.4. The number of piperazine rings is 1. The number of benzene rings is 1. The second-order valence-electron chi connectivity index (χ2n) is 6.56. The van der Waals surface area contributed by atoms with E-state index < -0.39 is 10.8 Å². The van der Waals surface area contributed by atoms with E-state index in [-0.39, 0.29) is 11.6 Å². The van der Waals surface area contributed by atoms with Crippen molar-refractivity contribution in [2.75, 3.05) is 44.3 Å². The number of nitro benzene ring substituents is 1. The lowest BCUT2D eigenvalue weighted by atomic mass is 10.1. The van der Waals surface area contributed by atoms with Gasteiger partial charge in [-0.3, -0.25) is 19.9 Å². The number of nitro groups is 1. The number of hydrazone groups is 1. The number of aliphatic imine (C=N–C) groups is 1. The maximum Gasteiger partial charge on any atom is 0.269 e. The first-order chi connectivity index (χ1) is 12.6. The summed E-state index contributed by atoms with van der Waals surface area (Å²) in [5, 5.41) is 18.7. The van der Waals surface area contributed by atoms with Gasteiger partial charge >= 0.3 is 0 Å². The first-order valence-electron chi connectivity index (χ1n) is 8.85. The van der Waals surface area contributed by atoms with Gasteiger partial charge in [-0.25, -0.2) is 0 Å². The van der Waals surface area contributed by atoms with Crippen molar-refractivity contribution >= 4 is 29.2 Å². The van der Waals surface area contributed by atoms with E-state index in [0.29, 0.717) is 17.9 Å². The quantitative estimate of drug-likeness (QED) is 0.365. The average Bonchev–Trinajstić information content (AvgIpc) is 2.94. The van der Waals surface area contributed by atoms with Crippen LogP contribution in [-0.2, 0) is 4.79 Å². The van der Waals surface area contributed by atoms with Crippen LogP contribution in [0.1, 0.15) is 6.92 Å². The molecule has 2 aliphatic rings. The van der Waals surface area contributed by atoms with Gasteiger partial charge in [-0.05, 0) is 19.1 Å². The molecule has 1 fully saturated rings. The third-order valence-electron chi connectivity index (χ3n) is 4.74. The molecule has 1 aromatic carbocycles. The number of carbonyl (C=O) groups excluding carboxylic acids is 1. The fraction of sp³-hybridized carbons (Fsp3) is 0.471. The van der Waals surface area contributed by atoms with Gasteiger partial charge < -0.3 is 10.2 Å². The van der Waals surface area contributed by atoms with Gasteiger partial charge in [-0.15, -0.1) is 0 Å². The summed E-state index contributed by atoms with van der Waals surface area (Å²) in [6, 6.07) is 5.80. The van der Waals surface area contributed by atoms with Crippen LogP contribution in [0.3, 0.4) is 0 Å². The van der Waals surface area contributed by atoms with E-state index in [1.165, 1.54) is 29.3 Å². The smallest absolute Gasteiger partial charge is 0.269 e. The molecule has 0 bridgehead atoms. The highest BCUT2D eigenvalue weighted by Gasteiger charge is 2.33. The van der Waals surface area contributed by atoms with Gasteiger partial charge in [-0.2, -0.15) is 10.1 Å². The fourth-order valence-corrected chi connectivity index (χ4v) is 3.19. The lowest BCUT2D eigenvalue weighted by molar-refractivity contribution is -0.945. The average molecular weight is 360 g/mol. The van der Waals surface area contributed by atoms with E-state index in [0.717, 1.165) is 32.7 Å². The highest BCUT2D eigenvalue weighted by Crippen LogP contribution is 2.25. The maximum absolute atomic E-state index is 12.6. The van der Waals surface area contributed by atoms with Crippen LogP contribution in [0.2, 0.25) is 0 Å². The zero-order valence-electron chi connectivity index (χ0n) is 14.8. The van der Waals surface area contributed by atoms with Crippen LogP contribution in [0.25, 0.3) is 0 Å². The Balaban J connectivity index is 1.58. The van der Waals surface area contributed by atoms with Crippen LogP contribution in [-0.4, -0.2) is 62.0 Å². The van der Waals surface area contributed by atoms with E-state index in [1.807, 2.05) is 0 Å². The van der Waals surface area contributed by atoms with Gasteiger partial charge in [0.1, 0.15) is 32.1 Å². The number of nitrogens with two attached hydrogens (primary N) is 1. The topological polar surface area (TPSA) is 109 Å². The molecule has 0 radical (unpaired) electrons. The number of nitrogens with one attached hydrogen (secondary N) is 1. The van der Waals surface area contributed by atoms with Crippen molar-refractivity contribution in [3.05, 3.63) is 34.4 Å². The summed E-state index contributed by atoms with van der Waals surface area (Å²) in [5.74, 6) is -0.644. The van der Waals surface area contributed by atoms with Crippen LogP contribution < -0.4 is 15.2 Å². The van der Waals surface area contributed by atoms with Crippen molar-refractivity contribution in [2.45, 2.75) is 6.92 Å². The van der Waals surface area contributed by atoms with Gasteiger partial charge in [0.2, 0.25) is 0 Å². The fourth-order valence-electron chi connectivity index (χ4n) is 3.19. The molecule has 3 rings (SSSR count). The molecule has 1 atom stereocenters. The molecule has 138 valence electrons. The molecule has 0 unspecified atom stereocenters. The molecule has 2 aliphatic heterocycles. The molecule has 3 N–H and O–H groups in total. The minimum absolute atomic E-state index is 0.0166. The number of hydrogen-bond acceptors (Lipinski definition) is 5. The third-order valence-corrected chi connectivity index (χ3v) is 4.74. The van der Waals surface area contributed by atoms with Crippen LogP contribution in [0.15, 0.2) is 34.4 Å². The van der Waals surface area contributed by atoms with E-state index in [2.05, 4.69) is 15.4 Å². The highest BCUT2D eigenvalue weighted by molar-refractivity contribution is 6.23. The second kappa shape index (κ2) is 8.15. The van der Waals surface area contributed by atoms with Gasteiger partial charge in [0, 0.05) is 18.3 Å². The zero-order valence-corrected chi connectivity index (χ0v) is 14.8. The largest absolute Gasteiger partial charge is 0.337 e. The first-order valence-corrected chi connectivity index (χ1v) is 8.85. The summed E-state index contributed by atoms with van der Waals surface area (Å²) < 4.78 is 0. The predicted octanol–water partition coefficient (Wildman–Crippen LogP) is -1.53. The monoisotopic (exact) mass is 360 g/mol. The number of nitrogens with zero attached hydrogens (tertiary/aromatic N) is 4. The first kappa shape index (κ1) is 18.2. The molecule has 0 spiro atoms. The number of amides is 1. The van der Waals surface area contributed by atoms with E-state index in [4.69, 9.17) is 0 Å². The van der Waals surface area contributed by atoms with Crippen molar-refractivity contribution in [1.29, 1.82) is 0 Å². The molecule has 9 heteroatoms. The number of carbonyl (C=O) groups is 1. The molecule has 1 saturated heterocycles. The standard InChI is InChI=1S/C17H22N6O3/c1-13-16(12-19-8-11-21-9-6-18-7-10-21)17(24)22(20-13)14-2-4-15(5-3-14)23(25)26/h2-5,12,16,18H,6-11H2,1H3/p+2/t16-/m1/s1. The Labute approximate surface area is 151 Å². The van der Waals surface area contributed by atoms with E-state index >= 15 is 0 Å². The summed E-state index contributed by atoms with van der Waals surface area (Å²) in [7, 11) is 0. The number of hydrogen-bond donors (Lipinski definition) is 2. The van der Waals surface area contributed by atoms with Gasteiger partial charge in [0.15, 0.2) is 0 Å². The molecule has 0 saturated carbocycles. The Morgan fingerprint density at radius 1 is 1.38 bits per heavy atom. The van der Waals surface area contributed by atoms with E-state index in [1.54, 1.807) is 18.0 Å². The molecular weight excluding hydrogens is 336 g/mol. The number of non-ortho nitro benzene ring substituents is 1. The van der Waals surface area contributed by atoms with Crippen molar-refractivity contribution in [2.24, 2.45) is 16.0 Å². The minimum atomic E-state index is -0.470. The lowest BCUT2D eigenvalue weighted by Gasteiger charge is -2.21. The van der Waals surface area contributed by atoms with Gasteiger partial charge in [0.25, 0.3) is 11.6 Å². The highest BCUT2D eigenvalue weighted by atomic mass is 16.6. The molecule has 1 amide bonds. The lowest BCUT2D eigenvalue weighted by Crippen LogP contribution is -3.20. The second-order valence-corrected chi connectivity index (χ2v) is 6.56. The van der Waals surface area contributed by atoms with Crippen LogP contribution in [0.4, 0.5) is 11.4 Å². The van der Waals surface area contributed by atoms with Crippen molar-refractivity contribution in [3.63, 3.8) is 0 Å². The number of quaternary nitrogens is 2. The Bertz CT molecular complexity index is 725. The SMILES string of the molecule is CC1=NN(c2ccc([N+](=O)[O-])cc2)C(=O)[C@@H]1C=NCC[NH+]1CC[NH2+]CC1. The summed E-state index contributed by atoms with van der Waals surface area (Å²) in [5.41, 5.74) is 1.18. The molecular formula is C17H24N6O3+2. The van der Waals surface area contributed by atoms with Crippen molar-refractivity contribution in [3.8, 4) is 0 Å². The van der Waals surface area contributed by atoms with E-state index in [9.17, 15) is 14.9 Å². The molecule has 1 aromatic rings.